The number of nitrogens with one attached hydrogen (secondary N) is 1. The minimum atomic E-state index is 0.174. The first-order valence-electron chi connectivity index (χ1n) is 6.07. The molecule has 1 amide bonds. The van der Waals surface area contributed by atoms with E-state index in [-0.39, 0.29) is 11.9 Å². The number of hydrogen-bond acceptors (Lipinski definition) is 3. The maximum Gasteiger partial charge on any atom is 0.236 e. The van der Waals surface area contributed by atoms with Gasteiger partial charge in [-0.2, -0.15) is 0 Å². The normalized spacial score (nSPS) is 16.6. The summed E-state index contributed by atoms with van der Waals surface area (Å²) in [5.74, 6) is 0.174. The Hall–Kier alpha value is -1.42. The zero-order chi connectivity index (χ0) is 12.3. The molecule has 0 unspecified atom stereocenters. The molecule has 1 N–H and O–H groups in total. The molecule has 1 aliphatic carbocycles. The predicted octanol–water partition coefficient (Wildman–Crippen LogP) is 1.35. The van der Waals surface area contributed by atoms with Gasteiger partial charge in [-0.3, -0.25) is 9.78 Å². The Morgan fingerprint density at radius 1 is 1.53 bits per heavy atom. The van der Waals surface area contributed by atoms with E-state index in [1.54, 1.807) is 12.4 Å². The van der Waals surface area contributed by atoms with Gasteiger partial charge in [0.1, 0.15) is 0 Å². The Balaban J connectivity index is 1.79. The molecule has 2 rings (SSSR count). The van der Waals surface area contributed by atoms with E-state index >= 15 is 0 Å². The minimum Gasteiger partial charge on any atom is -0.342 e. The topological polar surface area (TPSA) is 45.2 Å². The molecule has 0 radical (unpaired) electrons. The number of pyridine rings is 1. The molecule has 0 saturated heterocycles. The van der Waals surface area contributed by atoms with Crippen LogP contribution in [-0.4, -0.2) is 35.4 Å². The summed E-state index contributed by atoms with van der Waals surface area (Å²) in [6, 6.07) is 4.59. The van der Waals surface area contributed by atoms with Crippen LogP contribution in [0.2, 0.25) is 0 Å². The Labute approximate surface area is 102 Å². The molecule has 0 bridgehead atoms. The van der Waals surface area contributed by atoms with Gasteiger partial charge < -0.3 is 10.2 Å². The highest BCUT2D eigenvalue weighted by molar-refractivity contribution is 5.78. The monoisotopic (exact) mass is 233 g/mol. The van der Waals surface area contributed by atoms with Crippen LogP contribution in [0.3, 0.4) is 0 Å². The van der Waals surface area contributed by atoms with Crippen molar-refractivity contribution in [2.75, 3.05) is 13.6 Å². The average molecular weight is 233 g/mol. The largest absolute Gasteiger partial charge is 0.342 e. The van der Waals surface area contributed by atoms with Gasteiger partial charge in [-0.25, -0.2) is 0 Å². The highest BCUT2D eigenvalue weighted by atomic mass is 16.2. The predicted molar refractivity (Wildman–Crippen MR) is 66.4 cm³/mol. The molecular weight excluding hydrogens is 214 g/mol. The lowest BCUT2D eigenvalue weighted by atomic mass is 10.1. The lowest BCUT2D eigenvalue weighted by Crippen LogP contribution is -2.37. The van der Waals surface area contributed by atoms with E-state index in [1.807, 2.05) is 24.1 Å². The summed E-state index contributed by atoms with van der Waals surface area (Å²) in [4.78, 5) is 17.6. The Bertz CT molecular complexity index is 376. The van der Waals surface area contributed by atoms with E-state index in [2.05, 4.69) is 17.2 Å². The van der Waals surface area contributed by atoms with E-state index in [1.165, 1.54) is 0 Å². The molecule has 1 heterocycles. The zero-order valence-electron chi connectivity index (χ0n) is 10.4. The van der Waals surface area contributed by atoms with Crippen molar-refractivity contribution in [1.29, 1.82) is 0 Å². The first-order valence-corrected chi connectivity index (χ1v) is 6.07. The minimum absolute atomic E-state index is 0.174. The third-order valence-corrected chi connectivity index (χ3v) is 3.25. The maximum absolute atomic E-state index is 11.8. The molecule has 0 spiro atoms. The van der Waals surface area contributed by atoms with E-state index in [4.69, 9.17) is 0 Å². The van der Waals surface area contributed by atoms with Gasteiger partial charge in [0, 0.05) is 31.5 Å². The average Bonchev–Trinajstić information content (AvgIpc) is 3.20. The van der Waals surface area contributed by atoms with Gasteiger partial charge in [0.2, 0.25) is 5.91 Å². The van der Waals surface area contributed by atoms with Crippen LogP contribution in [0.15, 0.2) is 24.5 Å². The van der Waals surface area contributed by atoms with Crippen LogP contribution in [0.5, 0.6) is 0 Å². The molecule has 1 fully saturated rings. The van der Waals surface area contributed by atoms with Crippen LogP contribution in [0, 0.1) is 0 Å². The Morgan fingerprint density at radius 2 is 2.18 bits per heavy atom. The molecule has 0 aromatic carbocycles. The van der Waals surface area contributed by atoms with Gasteiger partial charge in [0.05, 0.1) is 6.54 Å². The quantitative estimate of drug-likeness (QED) is 0.835. The second kappa shape index (κ2) is 5.27. The smallest absolute Gasteiger partial charge is 0.236 e. The molecule has 0 aliphatic heterocycles. The Kier molecular flexibility index (Phi) is 3.74. The molecule has 92 valence electrons. The van der Waals surface area contributed by atoms with Crippen molar-refractivity contribution < 1.29 is 4.79 Å². The van der Waals surface area contributed by atoms with E-state index in [0.29, 0.717) is 12.6 Å². The van der Waals surface area contributed by atoms with Crippen LogP contribution in [0.1, 0.15) is 31.4 Å². The first kappa shape index (κ1) is 12.0. The van der Waals surface area contributed by atoms with E-state index < -0.39 is 0 Å². The summed E-state index contributed by atoms with van der Waals surface area (Å²) >= 11 is 0. The lowest BCUT2D eigenvalue weighted by molar-refractivity contribution is -0.129. The van der Waals surface area contributed by atoms with Gasteiger partial charge in [0.15, 0.2) is 0 Å². The molecule has 1 saturated carbocycles. The Morgan fingerprint density at radius 3 is 2.76 bits per heavy atom. The van der Waals surface area contributed by atoms with Crippen molar-refractivity contribution >= 4 is 5.91 Å². The van der Waals surface area contributed by atoms with Gasteiger partial charge in [-0.05, 0) is 37.5 Å². The highest BCUT2D eigenvalue weighted by Gasteiger charge is 2.29. The maximum atomic E-state index is 11.8. The summed E-state index contributed by atoms with van der Waals surface area (Å²) in [5, 5.41) is 3.24. The van der Waals surface area contributed by atoms with Crippen molar-refractivity contribution in [3.63, 3.8) is 0 Å². The molecule has 1 atom stereocenters. The van der Waals surface area contributed by atoms with Crippen LogP contribution < -0.4 is 5.32 Å². The summed E-state index contributed by atoms with van der Waals surface area (Å²) in [6.45, 7) is 2.45. The standard InChI is InChI=1S/C13H19N3O/c1-10(11-5-7-14-8-6-11)15-9-13(17)16(2)12-3-4-12/h5-8,10,12,15H,3-4,9H2,1-2H3/t10-/m1/s1. The van der Waals surface area contributed by atoms with Crippen molar-refractivity contribution in [3.05, 3.63) is 30.1 Å². The van der Waals surface area contributed by atoms with Gasteiger partial charge in [0.25, 0.3) is 0 Å². The van der Waals surface area contributed by atoms with Crippen molar-refractivity contribution in [1.82, 2.24) is 15.2 Å². The molecular formula is C13H19N3O. The SMILES string of the molecule is C[C@@H](NCC(=O)N(C)C1CC1)c1ccncc1. The summed E-state index contributed by atoms with van der Waals surface area (Å²) in [5.41, 5.74) is 1.15. The molecule has 4 nitrogen and oxygen atoms in total. The molecule has 4 heteroatoms. The van der Waals surface area contributed by atoms with Crippen molar-refractivity contribution in [2.24, 2.45) is 0 Å². The van der Waals surface area contributed by atoms with E-state index in [0.717, 1.165) is 18.4 Å². The van der Waals surface area contributed by atoms with Gasteiger partial charge >= 0.3 is 0 Å². The third kappa shape index (κ3) is 3.27. The van der Waals surface area contributed by atoms with Crippen molar-refractivity contribution in [3.8, 4) is 0 Å². The highest BCUT2D eigenvalue weighted by Crippen LogP contribution is 2.25. The number of aromatic nitrogens is 1. The number of hydrogen-bond donors (Lipinski definition) is 1. The van der Waals surface area contributed by atoms with Crippen LogP contribution in [0.25, 0.3) is 0 Å². The fourth-order valence-corrected chi connectivity index (χ4v) is 1.80. The van der Waals surface area contributed by atoms with Crippen LogP contribution >= 0.6 is 0 Å². The third-order valence-electron chi connectivity index (χ3n) is 3.25. The summed E-state index contributed by atoms with van der Waals surface area (Å²) in [7, 11) is 1.89. The number of amides is 1. The van der Waals surface area contributed by atoms with Gasteiger partial charge in [-0.1, -0.05) is 0 Å². The fraction of sp³-hybridized carbons (Fsp3) is 0.538. The number of carbonyl (C=O) groups excluding carboxylic acids is 1. The fourth-order valence-electron chi connectivity index (χ4n) is 1.80. The van der Waals surface area contributed by atoms with Crippen molar-refractivity contribution in [2.45, 2.75) is 31.8 Å². The molecule has 17 heavy (non-hydrogen) atoms. The van der Waals surface area contributed by atoms with Crippen LogP contribution in [0.4, 0.5) is 0 Å². The number of carbonyl (C=O) groups is 1. The molecule has 1 aromatic rings. The van der Waals surface area contributed by atoms with E-state index in [9.17, 15) is 4.79 Å². The first-order chi connectivity index (χ1) is 8.18. The molecule has 1 aliphatic rings. The van der Waals surface area contributed by atoms with Gasteiger partial charge in [-0.15, -0.1) is 0 Å². The number of rotatable bonds is 5. The molecule has 1 aromatic heterocycles. The zero-order valence-corrected chi connectivity index (χ0v) is 10.4. The van der Waals surface area contributed by atoms with Crippen LogP contribution in [-0.2, 0) is 4.79 Å². The second-order valence-corrected chi connectivity index (χ2v) is 4.62. The lowest BCUT2D eigenvalue weighted by Gasteiger charge is -2.19. The summed E-state index contributed by atoms with van der Waals surface area (Å²) in [6.07, 6.45) is 5.85. The number of likely N-dealkylation sites (N-methyl/N-ethyl adjacent to an activating group) is 1. The number of nitrogens with zero attached hydrogens (tertiary/aromatic N) is 2. The summed E-state index contributed by atoms with van der Waals surface area (Å²) < 4.78 is 0. The second-order valence-electron chi connectivity index (χ2n) is 4.62.